The minimum atomic E-state index is -0.214. The van der Waals surface area contributed by atoms with Gasteiger partial charge in [0.1, 0.15) is 5.78 Å². The van der Waals surface area contributed by atoms with Gasteiger partial charge in [-0.15, -0.1) is 0 Å². The van der Waals surface area contributed by atoms with Crippen molar-refractivity contribution in [2.75, 3.05) is 7.11 Å². The number of rotatable bonds is 4. The van der Waals surface area contributed by atoms with Gasteiger partial charge in [-0.1, -0.05) is 20.8 Å². The Morgan fingerprint density at radius 2 is 1.93 bits per heavy atom. The molecule has 4 nitrogen and oxygen atoms in total. The smallest absolute Gasteiger partial charge is 0.305 e. The highest BCUT2D eigenvalue weighted by Crippen LogP contribution is 2.67. The zero-order valence-corrected chi connectivity index (χ0v) is 18.8. The Morgan fingerprint density at radius 1 is 1.17 bits per heavy atom. The molecule has 0 bridgehead atoms. The number of aliphatic hydroxyl groups is 1. The molecule has 0 spiro atoms. The van der Waals surface area contributed by atoms with Crippen molar-refractivity contribution >= 4 is 11.8 Å². The third kappa shape index (κ3) is 3.28. The van der Waals surface area contributed by atoms with E-state index in [9.17, 15) is 14.7 Å². The summed E-state index contributed by atoms with van der Waals surface area (Å²) in [4.78, 5) is 25.3. The van der Waals surface area contributed by atoms with E-state index in [2.05, 4.69) is 20.8 Å². The lowest BCUT2D eigenvalue weighted by atomic mass is 9.44. The van der Waals surface area contributed by atoms with Crippen molar-refractivity contribution in [2.45, 2.75) is 91.1 Å². The van der Waals surface area contributed by atoms with Gasteiger partial charge in [-0.2, -0.15) is 0 Å². The van der Waals surface area contributed by atoms with Crippen LogP contribution < -0.4 is 0 Å². The van der Waals surface area contributed by atoms with Crippen LogP contribution in [0.1, 0.15) is 85.0 Å². The van der Waals surface area contributed by atoms with Crippen molar-refractivity contribution in [3.8, 4) is 0 Å². The first-order chi connectivity index (χ1) is 13.7. The summed E-state index contributed by atoms with van der Waals surface area (Å²) in [5.41, 5.74) is 0.0157. The molecule has 9 unspecified atom stereocenters. The molecule has 0 saturated heterocycles. The second kappa shape index (κ2) is 7.66. The molecule has 4 heteroatoms. The summed E-state index contributed by atoms with van der Waals surface area (Å²) in [6, 6.07) is 0. The Bertz CT molecular complexity index is 659. The van der Waals surface area contributed by atoms with Crippen molar-refractivity contribution in [3.63, 3.8) is 0 Å². The highest BCUT2D eigenvalue weighted by Gasteiger charge is 2.63. The zero-order valence-electron chi connectivity index (χ0n) is 18.8. The number of fused-ring (bicyclic) bond motifs is 5. The van der Waals surface area contributed by atoms with E-state index in [0.717, 1.165) is 38.5 Å². The first-order valence-electron chi connectivity index (χ1n) is 12.0. The molecule has 0 heterocycles. The molecular weight excluding hydrogens is 364 g/mol. The normalized spacial score (nSPS) is 47.7. The Hall–Kier alpha value is -0.900. The molecule has 0 amide bonds. The van der Waals surface area contributed by atoms with Crippen LogP contribution in [-0.2, 0) is 14.3 Å². The van der Waals surface area contributed by atoms with Gasteiger partial charge in [-0.25, -0.2) is 0 Å². The summed E-state index contributed by atoms with van der Waals surface area (Å²) in [5, 5.41) is 10.2. The predicted molar refractivity (Wildman–Crippen MR) is 112 cm³/mol. The van der Waals surface area contributed by atoms with Crippen LogP contribution in [0, 0.1) is 46.3 Å². The molecule has 0 aliphatic heterocycles. The Labute approximate surface area is 176 Å². The van der Waals surface area contributed by atoms with Crippen LogP contribution in [0.25, 0.3) is 0 Å². The molecule has 0 radical (unpaired) electrons. The van der Waals surface area contributed by atoms with E-state index in [1.165, 1.54) is 26.4 Å². The van der Waals surface area contributed by atoms with E-state index in [0.29, 0.717) is 47.7 Å². The minimum absolute atomic E-state index is 0.138. The predicted octanol–water partition coefficient (Wildman–Crippen LogP) is 4.77. The number of hydrogen-bond donors (Lipinski definition) is 1. The van der Waals surface area contributed by atoms with Crippen molar-refractivity contribution < 1.29 is 19.4 Å². The summed E-state index contributed by atoms with van der Waals surface area (Å²) < 4.78 is 4.83. The summed E-state index contributed by atoms with van der Waals surface area (Å²) >= 11 is 0. The molecule has 0 aromatic heterocycles. The Morgan fingerprint density at radius 3 is 2.66 bits per heavy atom. The van der Waals surface area contributed by atoms with E-state index >= 15 is 0 Å². The zero-order chi connectivity index (χ0) is 21.0. The molecule has 4 aliphatic carbocycles. The topological polar surface area (TPSA) is 63.6 Å². The van der Waals surface area contributed by atoms with E-state index in [4.69, 9.17) is 4.74 Å². The van der Waals surface area contributed by atoms with E-state index in [1.54, 1.807) is 0 Å². The second-order valence-electron chi connectivity index (χ2n) is 11.3. The van der Waals surface area contributed by atoms with Gasteiger partial charge < -0.3 is 9.84 Å². The van der Waals surface area contributed by atoms with Gasteiger partial charge >= 0.3 is 5.97 Å². The van der Waals surface area contributed by atoms with Crippen LogP contribution >= 0.6 is 0 Å². The average Bonchev–Trinajstić information content (AvgIpc) is 3.06. The highest BCUT2D eigenvalue weighted by molar-refractivity contribution is 5.87. The van der Waals surface area contributed by atoms with Crippen molar-refractivity contribution in [2.24, 2.45) is 46.3 Å². The van der Waals surface area contributed by atoms with E-state index < -0.39 is 0 Å². The lowest BCUT2D eigenvalue weighted by Crippen LogP contribution is -2.57. The molecule has 0 aromatic rings. The molecule has 0 aromatic carbocycles. The van der Waals surface area contributed by atoms with Gasteiger partial charge in [-0.3, -0.25) is 9.59 Å². The number of ketones is 1. The van der Waals surface area contributed by atoms with Crippen LogP contribution in [0.4, 0.5) is 0 Å². The molecule has 4 saturated carbocycles. The maximum atomic E-state index is 13.7. The summed E-state index contributed by atoms with van der Waals surface area (Å²) in [6.07, 6.45) is 9.53. The largest absolute Gasteiger partial charge is 0.469 e. The molecular formula is C25H40O4. The number of methoxy groups -OCH3 is 1. The van der Waals surface area contributed by atoms with Gasteiger partial charge in [0, 0.05) is 18.3 Å². The van der Waals surface area contributed by atoms with E-state index in [1.807, 2.05) is 0 Å². The van der Waals surface area contributed by atoms with E-state index in [-0.39, 0.29) is 22.9 Å². The van der Waals surface area contributed by atoms with Crippen molar-refractivity contribution in [3.05, 3.63) is 0 Å². The van der Waals surface area contributed by atoms with Crippen LogP contribution in [-0.4, -0.2) is 30.1 Å². The van der Waals surface area contributed by atoms with Gasteiger partial charge in [0.25, 0.3) is 0 Å². The number of aliphatic hydroxyl groups excluding tert-OH is 1. The van der Waals surface area contributed by atoms with Crippen LogP contribution in [0.5, 0.6) is 0 Å². The lowest BCUT2D eigenvalue weighted by Gasteiger charge is -2.60. The second-order valence-corrected chi connectivity index (χ2v) is 11.3. The SMILES string of the molecule is COC(=O)CCC(C)C1CCC2C3CCC4CC(O)CCC4(C)C3CC(=O)C12C. The summed E-state index contributed by atoms with van der Waals surface area (Å²) in [5.74, 6) is 3.37. The van der Waals surface area contributed by atoms with Crippen LogP contribution in [0.3, 0.4) is 0 Å². The molecule has 9 atom stereocenters. The minimum Gasteiger partial charge on any atom is -0.469 e. The Kier molecular flexibility index (Phi) is 5.63. The first-order valence-corrected chi connectivity index (χ1v) is 12.0. The fourth-order valence-corrected chi connectivity index (χ4v) is 8.53. The molecule has 4 rings (SSSR count). The lowest BCUT2D eigenvalue weighted by molar-refractivity contribution is -0.160. The standard InChI is InChI=1S/C25H40O4/c1-15(5-10-23(28)29-4)19-8-9-20-18-7-6-16-13-17(26)11-12-24(16,2)21(18)14-22(27)25(19,20)3/h15-21,26H,5-14H2,1-4H3. The number of carbonyl (C=O) groups is 2. The summed E-state index contributed by atoms with van der Waals surface area (Å²) in [7, 11) is 1.45. The molecule has 4 fully saturated rings. The van der Waals surface area contributed by atoms with Gasteiger partial charge in [0.2, 0.25) is 0 Å². The third-order valence-electron chi connectivity index (χ3n) is 10.3. The number of carbonyl (C=O) groups excluding carboxylic acids is 2. The number of esters is 1. The number of Topliss-reactive ketones (excluding diaryl/α,β-unsaturated/α-hetero) is 1. The maximum absolute atomic E-state index is 13.7. The fourth-order valence-electron chi connectivity index (χ4n) is 8.53. The number of hydrogen-bond acceptors (Lipinski definition) is 4. The van der Waals surface area contributed by atoms with Crippen LogP contribution in [0.15, 0.2) is 0 Å². The maximum Gasteiger partial charge on any atom is 0.305 e. The van der Waals surface area contributed by atoms with Crippen LogP contribution in [0.2, 0.25) is 0 Å². The molecule has 29 heavy (non-hydrogen) atoms. The first kappa shape index (κ1) is 21.3. The molecule has 4 aliphatic rings. The van der Waals surface area contributed by atoms with Gasteiger partial charge in [-0.05, 0) is 92.3 Å². The quantitative estimate of drug-likeness (QED) is 0.685. The van der Waals surface area contributed by atoms with Crippen molar-refractivity contribution in [1.29, 1.82) is 0 Å². The highest BCUT2D eigenvalue weighted by atomic mass is 16.5. The third-order valence-corrected chi connectivity index (χ3v) is 10.3. The molecule has 1 N–H and O–H groups in total. The number of ether oxygens (including phenoxy) is 1. The fraction of sp³-hybridized carbons (Fsp3) is 0.920. The monoisotopic (exact) mass is 404 g/mol. The summed E-state index contributed by atoms with van der Waals surface area (Å²) in [6.45, 7) is 6.94. The molecule has 164 valence electrons. The Balaban J connectivity index is 1.54. The average molecular weight is 405 g/mol. The van der Waals surface area contributed by atoms with Crippen molar-refractivity contribution in [1.82, 2.24) is 0 Å². The van der Waals surface area contributed by atoms with Gasteiger partial charge in [0.05, 0.1) is 13.2 Å². The van der Waals surface area contributed by atoms with Gasteiger partial charge in [0.15, 0.2) is 0 Å².